The number of carbonyl (C=O) groups is 1. The summed E-state index contributed by atoms with van der Waals surface area (Å²) in [5.74, 6) is -0.0718. The summed E-state index contributed by atoms with van der Waals surface area (Å²) in [6.45, 7) is -0.315. The Morgan fingerprint density at radius 2 is 2.33 bits per heavy atom. The van der Waals surface area contributed by atoms with Crippen molar-refractivity contribution >= 4 is 17.7 Å². The predicted octanol–water partition coefficient (Wildman–Crippen LogP) is 0.592. The molecule has 0 aliphatic heterocycles. The molecule has 2 aromatic rings. The summed E-state index contributed by atoms with van der Waals surface area (Å²) in [7, 11) is 1.56. The molecule has 8 nitrogen and oxygen atoms in total. The fourth-order valence-corrected chi connectivity index (χ4v) is 2.47. The number of ether oxygens (including phenoxy) is 1. The molecule has 1 aromatic heterocycles. The van der Waals surface area contributed by atoms with E-state index in [9.17, 15) is 9.90 Å². The number of aliphatic carboxylic acids is 1. The zero-order chi connectivity index (χ0) is 15.2. The molecule has 0 saturated carbocycles. The second-order valence-electron chi connectivity index (χ2n) is 4.12. The number of benzene rings is 1. The number of aliphatic hydroxyl groups excluding tert-OH is 1. The zero-order valence-corrected chi connectivity index (χ0v) is 12.0. The summed E-state index contributed by atoms with van der Waals surface area (Å²) < 4.78 is 6.27. The highest BCUT2D eigenvalue weighted by atomic mass is 32.2. The highest BCUT2D eigenvalue weighted by molar-refractivity contribution is 7.99. The van der Waals surface area contributed by atoms with Gasteiger partial charge in [-0.15, -0.1) is 5.10 Å². The van der Waals surface area contributed by atoms with Gasteiger partial charge in [0.05, 0.1) is 13.2 Å². The first-order valence-electron chi connectivity index (χ1n) is 6.03. The number of aromatic nitrogens is 4. The summed E-state index contributed by atoms with van der Waals surface area (Å²) in [5, 5.41) is 30.0. The van der Waals surface area contributed by atoms with Gasteiger partial charge in [0.25, 0.3) is 0 Å². The third kappa shape index (κ3) is 4.17. The van der Waals surface area contributed by atoms with Crippen LogP contribution in [0.25, 0.3) is 0 Å². The smallest absolute Gasteiger partial charge is 0.325 e. The summed E-state index contributed by atoms with van der Waals surface area (Å²) >= 11 is 1.18. The van der Waals surface area contributed by atoms with E-state index in [2.05, 4.69) is 15.5 Å². The molecule has 0 bridgehead atoms. The van der Waals surface area contributed by atoms with Crippen LogP contribution in [-0.2, 0) is 11.3 Å². The molecule has 9 heteroatoms. The van der Waals surface area contributed by atoms with Crippen molar-refractivity contribution in [3.05, 3.63) is 29.8 Å². The second kappa shape index (κ2) is 7.04. The van der Waals surface area contributed by atoms with Crippen LogP contribution < -0.4 is 4.74 Å². The van der Waals surface area contributed by atoms with Crippen LogP contribution in [0.3, 0.4) is 0 Å². The van der Waals surface area contributed by atoms with Crippen molar-refractivity contribution in [3.63, 3.8) is 0 Å². The van der Waals surface area contributed by atoms with E-state index in [0.717, 1.165) is 0 Å². The molecule has 112 valence electrons. The van der Waals surface area contributed by atoms with Crippen LogP contribution in [0.15, 0.2) is 29.4 Å². The van der Waals surface area contributed by atoms with E-state index in [-0.39, 0.29) is 6.54 Å². The lowest BCUT2D eigenvalue weighted by Crippen LogP contribution is -2.12. The van der Waals surface area contributed by atoms with Gasteiger partial charge >= 0.3 is 5.97 Å². The highest BCUT2D eigenvalue weighted by Crippen LogP contribution is 2.25. The standard InChI is InChI=1S/C12H14N4O4S/c1-20-9-4-2-3-8(5-9)10(17)7-21-12-13-14-15-16(12)6-11(18)19/h2-5,10,17H,6-7H2,1H3,(H,18,19). The van der Waals surface area contributed by atoms with Crippen molar-refractivity contribution in [2.45, 2.75) is 17.8 Å². The summed E-state index contributed by atoms with van der Waals surface area (Å²) in [6, 6.07) is 7.10. The number of methoxy groups -OCH3 is 1. The highest BCUT2D eigenvalue weighted by Gasteiger charge is 2.14. The molecule has 0 aliphatic rings. The Morgan fingerprint density at radius 3 is 3.05 bits per heavy atom. The van der Waals surface area contributed by atoms with Crippen molar-refractivity contribution in [3.8, 4) is 5.75 Å². The van der Waals surface area contributed by atoms with Crippen molar-refractivity contribution in [1.29, 1.82) is 0 Å². The van der Waals surface area contributed by atoms with Gasteiger partial charge in [0.15, 0.2) is 0 Å². The molecule has 1 atom stereocenters. The lowest BCUT2D eigenvalue weighted by atomic mass is 10.1. The maximum Gasteiger partial charge on any atom is 0.325 e. The summed E-state index contributed by atoms with van der Waals surface area (Å²) in [4.78, 5) is 10.7. The van der Waals surface area contributed by atoms with Crippen LogP contribution in [0.4, 0.5) is 0 Å². The lowest BCUT2D eigenvalue weighted by molar-refractivity contribution is -0.138. The number of thioether (sulfide) groups is 1. The average molecular weight is 310 g/mol. The Hall–Kier alpha value is -2.13. The van der Waals surface area contributed by atoms with E-state index in [0.29, 0.717) is 22.2 Å². The normalized spacial score (nSPS) is 12.1. The van der Waals surface area contributed by atoms with Gasteiger partial charge in [-0.3, -0.25) is 4.79 Å². The Labute approximate surface area is 124 Å². The van der Waals surface area contributed by atoms with Crippen LogP contribution in [0, 0.1) is 0 Å². The van der Waals surface area contributed by atoms with Gasteiger partial charge < -0.3 is 14.9 Å². The van der Waals surface area contributed by atoms with Crippen LogP contribution in [-0.4, -0.2) is 49.3 Å². The van der Waals surface area contributed by atoms with E-state index in [1.54, 1.807) is 31.4 Å². The van der Waals surface area contributed by atoms with Gasteiger partial charge in [0.2, 0.25) is 5.16 Å². The largest absolute Gasteiger partial charge is 0.497 e. The first-order valence-corrected chi connectivity index (χ1v) is 7.01. The molecule has 1 aromatic carbocycles. The minimum absolute atomic E-state index is 0.299. The van der Waals surface area contributed by atoms with Crippen LogP contribution in [0.1, 0.15) is 11.7 Å². The van der Waals surface area contributed by atoms with E-state index < -0.39 is 12.1 Å². The second-order valence-corrected chi connectivity index (χ2v) is 5.10. The number of tetrazole rings is 1. The molecule has 1 unspecified atom stereocenters. The Bertz CT molecular complexity index is 619. The van der Waals surface area contributed by atoms with Crippen LogP contribution >= 0.6 is 11.8 Å². The Morgan fingerprint density at radius 1 is 1.52 bits per heavy atom. The molecular weight excluding hydrogens is 296 g/mol. The number of hydrogen-bond donors (Lipinski definition) is 2. The van der Waals surface area contributed by atoms with Crippen molar-refractivity contribution in [2.24, 2.45) is 0 Å². The number of rotatable bonds is 7. The van der Waals surface area contributed by atoms with Gasteiger partial charge in [-0.05, 0) is 28.1 Å². The van der Waals surface area contributed by atoms with Crippen molar-refractivity contribution < 1.29 is 19.7 Å². The van der Waals surface area contributed by atoms with E-state index in [4.69, 9.17) is 9.84 Å². The van der Waals surface area contributed by atoms with Crippen molar-refractivity contribution in [2.75, 3.05) is 12.9 Å². The molecule has 0 fully saturated rings. The fourth-order valence-electron chi connectivity index (χ4n) is 1.63. The van der Waals surface area contributed by atoms with Gasteiger partial charge in [0, 0.05) is 5.75 Å². The zero-order valence-electron chi connectivity index (χ0n) is 11.2. The lowest BCUT2D eigenvalue weighted by Gasteiger charge is -2.11. The van der Waals surface area contributed by atoms with Crippen molar-refractivity contribution in [1.82, 2.24) is 20.2 Å². The maximum atomic E-state index is 10.7. The maximum absolute atomic E-state index is 10.7. The topological polar surface area (TPSA) is 110 Å². The average Bonchev–Trinajstić information content (AvgIpc) is 2.91. The summed E-state index contributed by atoms with van der Waals surface area (Å²) in [6.07, 6.45) is -0.736. The monoisotopic (exact) mass is 310 g/mol. The predicted molar refractivity (Wildman–Crippen MR) is 74.1 cm³/mol. The van der Waals surface area contributed by atoms with Gasteiger partial charge in [0.1, 0.15) is 12.3 Å². The van der Waals surface area contributed by atoms with Gasteiger partial charge in [-0.1, -0.05) is 23.9 Å². The molecule has 2 N–H and O–H groups in total. The Kier molecular flexibility index (Phi) is 5.12. The third-order valence-electron chi connectivity index (χ3n) is 2.63. The number of hydrogen-bond acceptors (Lipinski definition) is 7. The number of carboxylic acid groups (broad SMARTS) is 1. The number of nitrogens with zero attached hydrogens (tertiary/aromatic N) is 4. The molecule has 0 spiro atoms. The molecule has 0 aliphatic carbocycles. The van der Waals surface area contributed by atoms with Gasteiger partial charge in [-0.2, -0.15) is 0 Å². The number of aliphatic hydroxyl groups is 1. The SMILES string of the molecule is COc1cccc(C(O)CSc2nnnn2CC(=O)O)c1. The molecule has 21 heavy (non-hydrogen) atoms. The third-order valence-corrected chi connectivity index (χ3v) is 3.67. The van der Waals surface area contributed by atoms with Crippen LogP contribution in [0.2, 0.25) is 0 Å². The first-order chi connectivity index (χ1) is 10.1. The summed E-state index contributed by atoms with van der Waals surface area (Å²) in [5.41, 5.74) is 0.708. The molecule has 2 rings (SSSR count). The van der Waals surface area contributed by atoms with Crippen LogP contribution in [0.5, 0.6) is 5.75 Å². The first kappa shape index (κ1) is 15.3. The molecule has 0 radical (unpaired) electrons. The molecule has 0 saturated heterocycles. The van der Waals surface area contributed by atoms with E-state index in [1.165, 1.54) is 16.4 Å². The molecule has 1 heterocycles. The van der Waals surface area contributed by atoms with E-state index >= 15 is 0 Å². The minimum atomic E-state index is -1.03. The number of carboxylic acids is 1. The molecular formula is C12H14N4O4S. The molecule has 0 amide bonds. The minimum Gasteiger partial charge on any atom is -0.497 e. The quantitative estimate of drug-likeness (QED) is 0.715. The fraction of sp³-hybridized carbons (Fsp3) is 0.333. The van der Waals surface area contributed by atoms with Gasteiger partial charge in [-0.25, -0.2) is 4.68 Å². The Balaban J connectivity index is 1.99. The van der Waals surface area contributed by atoms with E-state index in [1.807, 2.05) is 0 Å².